The summed E-state index contributed by atoms with van der Waals surface area (Å²) >= 11 is 0. The summed E-state index contributed by atoms with van der Waals surface area (Å²) in [7, 11) is -6.63. The summed E-state index contributed by atoms with van der Waals surface area (Å²) in [6.45, 7) is 13.1. The third kappa shape index (κ3) is 7.30. The molecule has 0 aliphatic carbocycles. The molecule has 0 spiro atoms. The summed E-state index contributed by atoms with van der Waals surface area (Å²) in [5.41, 5.74) is 1.46. The lowest BCUT2D eigenvalue weighted by Gasteiger charge is -2.33. The fourth-order valence-electron chi connectivity index (χ4n) is 4.21. The molecule has 2 atom stereocenters. The van der Waals surface area contributed by atoms with Gasteiger partial charge in [-0.1, -0.05) is 74.5 Å². The van der Waals surface area contributed by atoms with Crippen molar-refractivity contribution in [1.29, 1.82) is 0 Å². The number of rotatable bonds is 12. The van der Waals surface area contributed by atoms with Gasteiger partial charge in [0.2, 0.25) is 0 Å². The molecule has 0 fully saturated rings. The molecule has 0 aliphatic heterocycles. The molecule has 6 nitrogen and oxygen atoms in total. The normalized spacial score (nSPS) is 14.9. The van der Waals surface area contributed by atoms with Crippen LogP contribution in [-0.4, -0.2) is 17.7 Å². The third-order valence-electron chi connectivity index (χ3n) is 7.36. The molecule has 0 aromatic heterocycles. The van der Waals surface area contributed by atoms with E-state index < -0.39 is 20.3 Å². The molecular weight excluding hydrogens is 566 g/mol. The lowest BCUT2D eigenvalue weighted by molar-refractivity contribution is 0.178. The minimum Gasteiger partial charge on any atom is -0.477 e. The Bertz CT molecular complexity index is 1550. The van der Waals surface area contributed by atoms with Gasteiger partial charge in [-0.3, -0.25) is 4.57 Å². The summed E-state index contributed by atoms with van der Waals surface area (Å²) < 4.78 is 50.9. The van der Waals surface area contributed by atoms with Crippen LogP contribution >= 0.6 is 15.0 Å². The van der Waals surface area contributed by atoms with Gasteiger partial charge in [0.1, 0.15) is 23.0 Å². The Labute approximate surface area is 250 Å². The molecule has 4 rings (SSSR count). The Morgan fingerprint density at radius 3 is 1.36 bits per heavy atom. The Kier molecular flexibility index (Phi) is 9.30. The zero-order valence-corrected chi connectivity index (χ0v) is 27.1. The molecule has 0 heterocycles. The standard InChI is InChI=1S/C34H40O6P2/c1-26(2)42(36,39-31-16-12-9-13-17-31)40-32-24-20-28(21-25-32)33(3,4)27-18-22-29(23-19-27)37-34(5,6)41(7,35)38-30-14-10-8-11-15-30/h8-26H,1-7H3. The molecular formula is C34H40O6P2. The van der Waals surface area contributed by atoms with Crippen LogP contribution in [0.4, 0.5) is 0 Å². The topological polar surface area (TPSA) is 71.1 Å². The number of hydrogen-bond donors (Lipinski definition) is 0. The second-order valence-corrected chi connectivity index (χ2v) is 17.0. The lowest BCUT2D eigenvalue weighted by Crippen LogP contribution is -2.30. The quantitative estimate of drug-likeness (QED) is 0.150. The van der Waals surface area contributed by atoms with Gasteiger partial charge in [0.15, 0.2) is 5.34 Å². The molecule has 4 aromatic carbocycles. The summed E-state index contributed by atoms with van der Waals surface area (Å²) in [4.78, 5) is 0. The Morgan fingerprint density at radius 1 is 0.548 bits per heavy atom. The number of benzene rings is 4. The molecule has 222 valence electrons. The van der Waals surface area contributed by atoms with E-state index in [0.29, 0.717) is 23.0 Å². The number of para-hydroxylation sites is 2. The van der Waals surface area contributed by atoms with Gasteiger partial charge in [-0.25, -0.2) is 4.57 Å². The van der Waals surface area contributed by atoms with Gasteiger partial charge in [0, 0.05) is 12.1 Å². The highest BCUT2D eigenvalue weighted by atomic mass is 31.2. The predicted molar refractivity (Wildman–Crippen MR) is 171 cm³/mol. The van der Waals surface area contributed by atoms with Gasteiger partial charge in [0.05, 0.1) is 5.66 Å². The summed E-state index contributed by atoms with van der Waals surface area (Å²) in [6, 6.07) is 33.6. The first-order valence-corrected chi connectivity index (χ1v) is 17.7. The largest absolute Gasteiger partial charge is 0.477 e. The highest BCUT2D eigenvalue weighted by Crippen LogP contribution is 2.56. The molecule has 0 N–H and O–H groups in total. The van der Waals surface area contributed by atoms with Crippen molar-refractivity contribution in [1.82, 2.24) is 0 Å². The van der Waals surface area contributed by atoms with E-state index in [0.717, 1.165) is 11.1 Å². The Morgan fingerprint density at radius 2 is 0.929 bits per heavy atom. The van der Waals surface area contributed by atoms with Crippen LogP contribution in [0.2, 0.25) is 0 Å². The van der Waals surface area contributed by atoms with Gasteiger partial charge in [-0.2, -0.15) is 0 Å². The van der Waals surface area contributed by atoms with E-state index in [-0.39, 0.29) is 11.1 Å². The zero-order valence-electron chi connectivity index (χ0n) is 25.3. The van der Waals surface area contributed by atoms with Crippen molar-refractivity contribution in [3.63, 3.8) is 0 Å². The van der Waals surface area contributed by atoms with Gasteiger partial charge < -0.3 is 18.3 Å². The van der Waals surface area contributed by atoms with E-state index in [1.165, 1.54) is 0 Å². The van der Waals surface area contributed by atoms with Crippen LogP contribution in [0.25, 0.3) is 0 Å². The first kappa shape index (κ1) is 31.5. The summed E-state index contributed by atoms with van der Waals surface area (Å²) in [5, 5.41) is -1.05. The maximum absolute atomic E-state index is 13.6. The van der Waals surface area contributed by atoms with Crippen molar-refractivity contribution in [2.75, 3.05) is 6.66 Å². The van der Waals surface area contributed by atoms with Crippen LogP contribution in [0.1, 0.15) is 52.7 Å². The molecule has 8 heteroatoms. The summed E-state index contributed by atoms with van der Waals surface area (Å²) in [5.74, 6) is 2.14. The fraction of sp³-hybridized carbons (Fsp3) is 0.294. The molecule has 2 unspecified atom stereocenters. The van der Waals surface area contributed by atoms with Crippen LogP contribution < -0.4 is 18.3 Å². The number of hydrogen-bond acceptors (Lipinski definition) is 6. The smallest absolute Gasteiger partial charge is 0.433 e. The van der Waals surface area contributed by atoms with Crippen molar-refractivity contribution in [2.24, 2.45) is 0 Å². The zero-order chi connectivity index (χ0) is 30.6. The van der Waals surface area contributed by atoms with E-state index in [1.807, 2.05) is 98.8 Å². The van der Waals surface area contributed by atoms with Crippen molar-refractivity contribution < 1.29 is 27.4 Å². The van der Waals surface area contributed by atoms with Crippen LogP contribution in [0.15, 0.2) is 109 Å². The van der Waals surface area contributed by atoms with E-state index in [2.05, 4.69) is 13.8 Å². The van der Waals surface area contributed by atoms with Gasteiger partial charge in [0.25, 0.3) is 7.37 Å². The van der Waals surface area contributed by atoms with Gasteiger partial charge in [-0.15, -0.1) is 0 Å². The van der Waals surface area contributed by atoms with Crippen LogP contribution in [-0.2, 0) is 14.5 Å². The average Bonchev–Trinajstić information content (AvgIpc) is 2.94. The first-order chi connectivity index (χ1) is 19.7. The van der Waals surface area contributed by atoms with Crippen LogP contribution in [0.5, 0.6) is 23.0 Å². The maximum Gasteiger partial charge on any atom is 0.433 e. The molecule has 0 saturated heterocycles. The molecule has 0 bridgehead atoms. The highest BCUT2D eigenvalue weighted by Gasteiger charge is 2.41. The van der Waals surface area contributed by atoms with Gasteiger partial charge in [-0.05, 0) is 87.4 Å². The van der Waals surface area contributed by atoms with Crippen molar-refractivity contribution >= 4 is 15.0 Å². The SMILES string of the molecule is CC(C)P(=O)(Oc1ccccc1)Oc1ccc(C(C)(C)c2ccc(OC(C)(C)P(C)(=O)Oc3ccccc3)cc2)cc1. The van der Waals surface area contributed by atoms with Crippen molar-refractivity contribution in [3.8, 4) is 23.0 Å². The number of ether oxygens (including phenoxy) is 1. The predicted octanol–water partition coefficient (Wildman–Crippen LogP) is 10.2. The Hall–Kier alpha value is -3.46. The van der Waals surface area contributed by atoms with Crippen molar-refractivity contribution in [3.05, 3.63) is 120 Å². The monoisotopic (exact) mass is 606 g/mol. The van der Waals surface area contributed by atoms with E-state index in [9.17, 15) is 9.13 Å². The highest BCUT2D eigenvalue weighted by molar-refractivity contribution is 7.60. The second-order valence-electron chi connectivity index (χ2n) is 11.6. The maximum atomic E-state index is 13.6. The third-order valence-corrected chi connectivity index (χ3v) is 12.2. The molecule has 0 amide bonds. The van der Waals surface area contributed by atoms with Crippen molar-refractivity contribution in [2.45, 2.75) is 58.0 Å². The minimum absolute atomic E-state index is 0.328. The molecule has 0 saturated carbocycles. The first-order valence-electron chi connectivity index (χ1n) is 14.0. The Balaban J connectivity index is 1.46. The summed E-state index contributed by atoms with van der Waals surface area (Å²) in [6.07, 6.45) is 0. The van der Waals surface area contributed by atoms with Gasteiger partial charge >= 0.3 is 7.60 Å². The molecule has 42 heavy (non-hydrogen) atoms. The lowest BCUT2D eigenvalue weighted by atomic mass is 9.78. The molecule has 0 aliphatic rings. The van der Waals surface area contributed by atoms with Crippen LogP contribution in [0, 0.1) is 0 Å². The average molecular weight is 607 g/mol. The van der Waals surface area contributed by atoms with E-state index in [4.69, 9.17) is 18.3 Å². The van der Waals surface area contributed by atoms with E-state index in [1.54, 1.807) is 44.8 Å². The molecule has 0 radical (unpaired) electrons. The second kappa shape index (κ2) is 12.4. The minimum atomic E-state index is -3.45. The van der Waals surface area contributed by atoms with Crippen LogP contribution in [0.3, 0.4) is 0 Å². The fourth-order valence-corrected chi connectivity index (χ4v) is 6.51. The molecule has 4 aromatic rings. The van der Waals surface area contributed by atoms with E-state index >= 15 is 0 Å².